The Hall–Kier alpha value is -4.55. The number of amides is 2. The van der Waals surface area contributed by atoms with Crippen LogP contribution >= 0.6 is 0 Å². The lowest BCUT2D eigenvalue weighted by atomic mass is 9.42. The molecule has 19 nitrogen and oxygen atoms in total. The topological polar surface area (TPSA) is 259 Å². The van der Waals surface area contributed by atoms with E-state index in [0.29, 0.717) is 38.4 Å². The number of likely N-dealkylation sites (tertiary alicyclic amines) is 2. The maximum absolute atomic E-state index is 14.1. The van der Waals surface area contributed by atoms with Gasteiger partial charge in [-0.25, -0.2) is 9.69 Å². The Kier molecular flexibility index (Phi) is 17.2. The highest BCUT2D eigenvalue weighted by molar-refractivity contribution is 7.79. The lowest BCUT2D eigenvalue weighted by Gasteiger charge is -2.70. The van der Waals surface area contributed by atoms with Crippen molar-refractivity contribution in [1.82, 2.24) is 9.80 Å². The van der Waals surface area contributed by atoms with Crippen LogP contribution in [0.1, 0.15) is 110 Å². The van der Waals surface area contributed by atoms with Crippen LogP contribution < -0.4 is 4.90 Å². The van der Waals surface area contributed by atoms with Gasteiger partial charge in [0.1, 0.15) is 11.2 Å². The van der Waals surface area contributed by atoms with Gasteiger partial charge in [-0.05, 0) is 75.7 Å². The highest BCUT2D eigenvalue weighted by atomic mass is 32.3. The molecule has 8 aliphatic rings. The molecule has 8 fully saturated rings. The van der Waals surface area contributed by atoms with Crippen molar-refractivity contribution in [3.05, 3.63) is 102 Å². The largest absolute Gasteiger partial charge is 0.461 e. The molecule has 3 aromatic carbocycles. The van der Waals surface area contributed by atoms with Crippen LogP contribution in [-0.4, -0.2) is 175 Å². The van der Waals surface area contributed by atoms with Crippen LogP contribution in [0.3, 0.4) is 0 Å². The van der Waals surface area contributed by atoms with Crippen LogP contribution in [0.2, 0.25) is 0 Å². The van der Waals surface area contributed by atoms with Crippen LogP contribution in [0.4, 0.5) is 5.69 Å². The summed E-state index contributed by atoms with van der Waals surface area (Å²) in [5, 5.41) is 37.1. The Labute approximate surface area is 463 Å². The molecule has 3 aromatic rings. The maximum Gasteiger partial charge on any atom is 0.394 e. The summed E-state index contributed by atoms with van der Waals surface area (Å²) in [6, 6.07) is 26.1. The molecular formula is C59H79N3O16S. The standard InChI is InChI=1S/C37H50N2O10.C22H27NO2.H2O4S/c1-7-38-17-34(18-49-32(42)20-10-8-9-11-23(20)39-26(40)14-19(2)31(39)41)13-12-25(46-4)36-22-15-21-24(45-3)16-35(43,27(22)28(21)47-5)37(44,33(36)38)30(48-6)29(34)36;1-23-19(15-21(24)17-9-4-2-5-10-17)13-8-14-20(23)16-22(25)18-11-6-3-7-12-18;1-5(2,3)4/h8-11,19,21-22,24-25,27-30,33,43-44H,7,12-18H2,1-6H3;2-7,9-12,19-21,24H,8,13-16H2,1H3;(H2,1,2,3,4)/t19-,21+,22+,24-,25-,27+,28-,29+,30-,33?,34-,35+,36-,37+;19-,20+,21-;/m00./s1. The number of aliphatic hydroxyl groups excluding tert-OH is 1. The molecule has 20 heteroatoms. The fourth-order valence-corrected chi connectivity index (χ4v) is 17.0. The molecule has 3 aliphatic heterocycles. The number of likely N-dealkylation sites (N-methyl/N-ethyl adjacent to an activating group) is 1. The van der Waals surface area contributed by atoms with E-state index < -0.39 is 62.6 Å². The SMILES string of the molecule is CCN1C[C@]2(COC(=O)c3ccccc3N3C(=O)C[C@H](C)C3=O)CC[C@H](OC)[C@]34C1[C@](O)([C@@H](OC)[C@H]23)[C@@]1(O)C[C@H](OC)[C@H]2C[C@@H]4[C@@H]1[C@H]2OC.CN1[C@@H](CC(=O)c2ccccc2)CCC[C@H]1C[C@H](O)c1ccccc1.O=S(=O)(O)O. The molecule has 7 bridgehead atoms. The summed E-state index contributed by atoms with van der Waals surface area (Å²) in [7, 11) is 4.13. The van der Waals surface area contributed by atoms with Gasteiger partial charge in [0.15, 0.2) is 5.78 Å². The van der Waals surface area contributed by atoms with Crippen molar-refractivity contribution < 1.29 is 75.7 Å². The number of piperidine rings is 2. The molecule has 5 saturated carbocycles. The number of nitrogens with zero attached hydrogens (tertiary/aromatic N) is 3. The number of Topliss-reactive ketones (excluding diaryl/α,β-unsaturated/α-hetero) is 1. The average Bonchev–Trinajstić information content (AvgIpc) is 1.61. The van der Waals surface area contributed by atoms with Crippen LogP contribution in [0.15, 0.2) is 84.9 Å². The predicted molar refractivity (Wildman–Crippen MR) is 289 cm³/mol. The number of hydrogen-bond donors (Lipinski definition) is 5. The van der Waals surface area contributed by atoms with Crippen LogP contribution in [-0.2, 0) is 43.7 Å². The number of fused-ring (bicyclic) bond motifs is 2. The third kappa shape index (κ3) is 10.0. The summed E-state index contributed by atoms with van der Waals surface area (Å²) in [4.78, 5) is 58.1. The minimum absolute atomic E-state index is 0.0358. The molecule has 1 unspecified atom stereocenters. The smallest absolute Gasteiger partial charge is 0.394 e. The van der Waals surface area contributed by atoms with Crippen molar-refractivity contribution in [1.29, 1.82) is 0 Å². The second-order valence-corrected chi connectivity index (χ2v) is 24.4. The summed E-state index contributed by atoms with van der Waals surface area (Å²) in [5.74, 6) is -2.26. The first-order valence-electron chi connectivity index (χ1n) is 27.8. The number of carbonyl (C=O) groups is 4. The van der Waals surface area contributed by atoms with Gasteiger partial charge in [-0.3, -0.25) is 33.3 Å². The molecule has 3 saturated heterocycles. The average molecular weight is 1120 g/mol. The van der Waals surface area contributed by atoms with E-state index in [1.54, 1.807) is 59.6 Å². The quantitative estimate of drug-likeness (QED) is 0.0536. The third-order valence-corrected chi connectivity index (χ3v) is 20.0. The molecule has 2 amide bonds. The van der Waals surface area contributed by atoms with Crippen molar-refractivity contribution >= 4 is 39.7 Å². The Morgan fingerprint density at radius 1 is 0.848 bits per heavy atom. The number of esters is 1. The fourth-order valence-electron chi connectivity index (χ4n) is 17.0. The predicted octanol–water partition coefficient (Wildman–Crippen LogP) is 5.62. The van der Waals surface area contributed by atoms with Gasteiger partial charge in [-0.2, -0.15) is 8.42 Å². The number of hydrogen-bond acceptors (Lipinski definition) is 16. The molecule has 5 N–H and O–H groups in total. The van der Waals surface area contributed by atoms with Gasteiger partial charge < -0.3 is 39.0 Å². The van der Waals surface area contributed by atoms with Crippen molar-refractivity contribution in [2.45, 2.75) is 138 Å². The summed E-state index contributed by atoms with van der Waals surface area (Å²) >= 11 is 0. The molecule has 0 radical (unpaired) electrons. The summed E-state index contributed by atoms with van der Waals surface area (Å²) in [6.07, 6.45) is 4.88. The lowest BCUT2D eigenvalue weighted by Crippen LogP contribution is -2.82. The Morgan fingerprint density at radius 3 is 2.10 bits per heavy atom. The number of carbonyl (C=O) groups excluding carboxylic acids is 4. The number of para-hydroxylation sites is 1. The zero-order valence-corrected chi connectivity index (χ0v) is 47.1. The number of ether oxygens (including phenoxy) is 5. The summed E-state index contributed by atoms with van der Waals surface area (Å²) < 4.78 is 62.9. The van der Waals surface area contributed by atoms with Gasteiger partial charge in [0.2, 0.25) is 11.8 Å². The van der Waals surface area contributed by atoms with E-state index in [1.165, 1.54) is 0 Å². The van der Waals surface area contributed by atoms with Crippen molar-refractivity contribution in [3.8, 4) is 0 Å². The number of benzene rings is 3. The van der Waals surface area contributed by atoms with Gasteiger partial charge >= 0.3 is 16.4 Å². The molecule has 11 rings (SSSR count). The minimum Gasteiger partial charge on any atom is -0.461 e. The normalized spacial score (nSPS) is 37.6. The third-order valence-electron chi connectivity index (χ3n) is 20.0. The Morgan fingerprint density at radius 2 is 1.49 bits per heavy atom. The van der Waals surface area contributed by atoms with E-state index in [1.807, 2.05) is 60.7 Å². The van der Waals surface area contributed by atoms with Gasteiger partial charge in [0.25, 0.3) is 0 Å². The maximum atomic E-state index is 14.1. The zero-order valence-electron chi connectivity index (χ0n) is 46.3. The van der Waals surface area contributed by atoms with E-state index in [0.717, 1.165) is 48.1 Å². The van der Waals surface area contributed by atoms with E-state index in [-0.39, 0.29) is 96.3 Å². The minimum atomic E-state index is -4.67. The van der Waals surface area contributed by atoms with E-state index in [9.17, 15) is 34.5 Å². The fraction of sp³-hybridized carbons (Fsp3) is 0.627. The van der Waals surface area contributed by atoms with E-state index in [4.69, 9.17) is 41.2 Å². The van der Waals surface area contributed by atoms with Crippen molar-refractivity contribution in [2.24, 2.45) is 40.4 Å². The van der Waals surface area contributed by atoms with Crippen molar-refractivity contribution in [3.63, 3.8) is 0 Å². The van der Waals surface area contributed by atoms with E-state index >= 15 is 0 Å². The molecule has 17 atom stereocenters. The number of ketones is 1. The highest BCUT2D eigenvalue weighted by Gasteiger charge is 2.91. The molecule has 432 valence electrons. The highest BCUT2D eigenvalue weighted by Crippen LogP contribution is 2.80. The van der Waals surface area contributed by atoms with Crippen LogP contribution in [0.5, 0.6) is 0 Å². The number of rotatable bonds is 15. The lowest BCUT2D eigenvalue weighted by molar-refractivity contribution is -0.320. The molecule has 3 heterocycles. The second kappa shape index (κ2) is 23.0. The number of methoxy groups -OCH3 is 4. The van der Waals surface area contributed by atoms with Crippen molar-refractivity contribution in [2.75, 3.05) is 60.1 Å². The first-order valence-corrected chi connectivity index (χ1v) is 29.2. The van der Waals surface area contributed by atoms with Gasteiger partial charge in [-0.1, -0.05) is 93.1 Å². The Balaban J connectivity index is 0.000000211. The second-order valence-electron chi connectivity index (χ2n) is 23.5. The van der Waals surface area contributed by atoms with Crippen LogP contribution in [0, 0.1) is 40.4 Å². The molecule has 79 heavy (non-hydrogen) atoms. The summed E-state index contributed by atoms with van der Waals surface area (Å²) in [5.41, 5.74) is -2.41. The first kappa shape index (κ1) is 59.1. The van der Waals surface area contributed by atoms with Crippen LogP contribution in [0.25, 0.3) is 0 Å². The first-order chi connectivity index (χ1) is 37.6. The summed E-state index contributed by atoms with van der Waals surface area (Å²) in [6.45, 7) is 4.95. The number of imide groups is 1. The van der Waals surface area contributed by atoms with Gasteiger partial charge in [-0.15, -0.1) is 0 Å². The van der Waals surface area contributed by atoms with Gasteiger partial charge in [0, 0.05) is 106 Å². The molecule has 1 spiro atoms. The monoisotopic (exact) mass is 1120 g/mol. The molecular weight excluding hydrogens is 1040 g/mol. The number of aliphatic hydroxyl groups is 3. The van der Waals surface area contributed by atoms with E-state index in [2.05, 4.69) is 23.8 Å². The molecule has 5 aliphatic carbocycles. The zero-order chi connectivity index (χ0) is 57.0. The molecule has 0 aromatic heterocycles. The van der Waals surface area contributed by atoms with Gasteiger partial charge in [0.05, 0.1) is 54.4 Å². The Bertz CT molecular complexity index is 2800. The number of anilines is 1.